The largest absolute Gasteiger partial charge is 0.508 e. The van der Waals surface area contributed by atoms with Gasteiger partial charge >= 0.3 is 0 Å². The zero-order chi connectivity index (χ0) is 23.9. The lowest BCUT2D eigenvalue weighted by atomic mass is 9.96. The van der Waals surface area contributed by atoms with Crippen LogP contribution in [0, 0.1) is 0 Å². The summed E-state index contributed by atoms with van der Waals surface area (Å²) in [5.41, 5.74) is 6.75. The quantitative estimate of drug-likeness (QED) is 0.309. The van der Waals surface area contributed by atoms with Crippen LogP contribution in [0.25, 0.3) is 11.1 Å². The van der Waals surface area contributed by atoms with Crippen molar-refractivity contribution in [3.63, 3.8) is 0 Å². The molecular weight excluding hydrogens is 424 g/mol. The Morgan fingerprint density at radius 1 is 0.471 bits per heavy atom. The number of methoxy groups -OCH3 is 2. The van der Waals surface area contributed by atoms with Gasteiger partial charge in [0.15, 0.2) is 0 Å². The monoisotopic (exact) mass is 454 g/mol. The van der Waals surface area contributed by atoms with Crippen molar-refractivity contribution < 1.29 is 19.7 Å². The Kier molecular flexibility index (Phi) is 7.38. The predicted molar refractivity (Wildman–Crippen MR) is 136 cm³/mol. The second kappa shape index (κ2) is 10.8. The molecule has 4 aromatic rings. The van der Waals surface area contributed by atoms with E-state index in [0.717, 1.165) is 48.3 Å². The molecule has 2 N–H and O–H groups in total. The summed E-state index contributed by atoms with van der Waals surface area (Å²) in [7, 11) is 3.39. The Labute approximate surface area is 201 Å². The van der Waals surface area contributed by atoms with Crippen LogP contribution in [0.3, 0.4) is 0 Å². The number of rotatable bonds is 9. The summed E-state index contributed by atoms with van der Waals surface area (Å²) in [4.78, 5) is 0. The highest BCUT2D eigenvalue weighted by molar-refractivity contribution is 5.76. The normalized spacial score (nSPS) is 10.8. The van der Waals surface area contributed by atoms with Crippen molar-refractivity contribution in [3.8, 4) is 34.1 Å². The van der Waals surface area contributed by atoms with Crippen molar-refractivity contribution >= 4 is 0 Å². The molecule has 0 bridgehead atoms. The molecule has 4 nitrogen and oxygen atoms in total. The summed E-state index contributed by atoms with van der Waals surface area (Å²) < 4.78 is 11.5. The highest BCUT2D eigenvalue weighted by Crippen LogP contribution is 2.38. The first kappa shape index (κ1) is 23.2. The van der Waals surface area contributed by atoms with Crippen LogP contribution >= 0.6 is 0 Å². The van der Waals surface area contributed by atoms with E-state index in [0.29, 0.717) is 0 Å². The van der Waals surface area contributed by atoms with Gasteiger partial charge in [0.2, 0.25) is 0 Å². The fraction of sp³-hybridized carbons (Fsp3) is 0.200. The molecule has 0 amide bonds. The van der Waals surface area contributed by atoms with E-state index in [-0.39, 0.29) is 11.5 Å². The highest BCUT2D eigenvalue weighted by Gasteiger charge is 2.13. The summed E-state index contributed by atoms with van der Waals surface area (Å²) in [6, 6.07) is 27.3. The van der Waals surface area contributed by atoms with Crippen molar-refractivity contribution in [1.82, 2.24) is 0 Å². The van der Waals surface area contributed by atoms with E-state index < -0.39 is 0 Å². The summed E-state index contributed by atoms with van der Waals surface area (Å²) >= 11 is 0. The average molecular weight is 455 g/mol. The lowest BCUT2D eigenvalue weighted by molar-refractivity contribution is 0.409. The summed E-state index contributed by atoms with van der Waals surface area (Å²) in [5, 5.41) is 18.9. The number of phenols is 2. The zero-order valence-corrected chi connectivity index (χ0v) is 19.6. The predicted octanol–water partition coefficient (Wildman–Crippen LogP) is 6.35. The SMILES string of the molecule is COc1cc(CCc2ccc(O)cc2)ccc1-c1ccc(CCc2ccc(O)cc2)cc1OC. The molecule has 0 fully saturated rings. The summed E-state index contributed by atoms with van der Waals surface area (Å²) in [5.74, 6) is 2.21. The maximum atomic E-state index is 9.46. The van der Waals surface area contributed by atoms with Crippen molar-refractivity contribution in [3.05, 3.63) is 107 Å². The van der Waals surface area contributed by atoms with Crippen LogP contribution in [0.15, 0.2) is 84.9 Å². The Morgan fingerprint density at radius 3 is 1.15 bits per heavy atom. The molecule has 0 aromatic heterocycles. The van der Waals surface area contributed by atoms with Crippen LogP contribution in [0.5, 0.6) is 23.0 Å². The Bertz CT molecular complexity index is 1130. The first-order valence-electron chi connectivity index (χ1n) is 11.5. The van der Waals surface area contributed by atoms with Gasteiger partial charge in [-0.1, -0.05) is 48.5 Å². The molecule has 4 rings (SSSR count). The Morgan fingerprint density at radius 2 is 0.794 bits per heavy atom. The van der Waals surface area contributed by atoms with Gasteiger partial charge in [-0.2, -0.15) is 0 Å². The number of benzene rings is 4. The molecule has 0 unspecified atom stereocenters. The lowest BCUT2D eigenvalue weighted by Crippen LogP contribution is -1.97. The average Bonchev–Trinajstić information content (AvgIpc) is 2.87. The third-order valence-corrected chi connectivity index (χ3v) is 6.10. The van der Waals surface area contributed by atoms with E-state index in [1.165, 1.54) is 22.3 Å². The highest BCUT2D eigenvalue weighted by atomic mass is 16.5. The van der Waals surface area contributed by atoms with Gasteiger partial charge in [0.25, 0.3) is 0 Å². The van der Waals surface area contributed by atoms with E-state index in [2.05, 4.69) is 36.4 Å². The van der Waals surface area contributed by atoms with Crippen LogP contribution in [0.4, 0.5) is 0 Å². The molecule has 0 aliphatic heterocycles. The number of hydrogen-bond donors (Lipinski definition) is 2. The first-order chi connectivity index (χ1) is 16.6. The summed E-state index contributed by atoms with van der Waals surface area (Å²) in [6.45, 7) is 0. The minimum atomic E-state index is 0.287. The van der Waals surface area contributed by atoms with Gasteiger partial charge in [0.1, 0.15) is 23.0 Å². The van der Waals surface area contributed by atoms with Crippen LogP contribution in [0.2, 0.25) is 0 Å². The van der Waals surface area contributed by atoms with Gasteiger partial charge in [-0.05, 0) is 84.3 Å². The third-order valence-electron chi connectivity index (χ3n) is 6.10. The fourth-order valence-corrected chi connectivity index (χ4v) is 4.13. The third kappa shape index (κ3) is 5.70. The van der Waals surface area contributed by atoms with Crippen LogP contribution in [-0.4, -0.2) is 24.4 Å². The first-order valence-corrected chi connectivity index (χ1v) is 11.5. The molecule has 4 heteroatoms. The Hall–Kier alpha value is -3.92. The van der Waals surface area contributed by atoms with E-state index in [1.807, 2.05) is 24.3 Å². The van der Waals surface area contributed by atoms with Crippen molar-refractivity contribution in [2.45, 2.75) is 25.7 Å². The molecule has 4 aromatic carbocycles. The molecule has 0 saturated carbocycles. The van der Waals surface area contributed by atoms with Crippen LogP contribution < -0.4 is 9.47 Å². The molecular formula is C30H30O4. The van der Waals surface area contributed by atoms with Gasteiger partial charge in [-0.3, -0.25) is 0 Å². The van der Waals surface area contributed by atoms with Gasteiger partial charge in [-0.25, -0.2) is 0 Å². The minimum absolute atomic E-state index is 0.287. The van der Waals surface area contributed by atoms with Crippen molar-refractivity contribution in [1.29, 1.82) is 0 Å². The van der Waals surface area contributed by atoms with Gasteiger partial charge in [0.05, 0.1) is 14.2 Å². The molecule has 0 aliphatic carbocycles. The molecule has 0 saturated heterocycles. The number of ether oxygens (including phenoxy) is 2. The molecule has 0 radical (unpaired) electrons. The number of aryl methyl sites for hydroxylation is 4. The Balaban J connectivity index is 1.50. The van der Waals surface area contributed by atoms with Crippen molar-refractivity contribution in [2.24, 2.45) is 0 Å². The number of hydrogen-bond acceptors (Lipinski definition) is 4. The van der Waals surface area contributed by atoms with Gasteiger partial charge < -0.3 is 19.7 Å². The molecule has 0 aliphatic rings. The minimum Gasteiger partial charge on any atom is -0.508 e. The second-order valence-corrected chi connectivity index (χ2v) is 8.40. The maximum Gasteiger partial charge on any atom is 0.127 e. The van der Waals surface area contributed by atoms with E-state index in [4.69, 9.17) is 9.47 Å². The van der Waals surface area contributed by atoms with Gasteiger partial charge in [0, 0.05) is 11.1 Å². The van der Waals surface area contributed by atoms with Crippen molar-refractivity contribution in [2.75, 3.05) is 14.2 Å². The molecule has 174 valence electrons. The van der Waals surface area contributed by atoms with E-state index in [1.54, 1.807) is 38.5 Å². The van der Waals surface area contributed by atoms with Gasteiger partial charge in [-0.15, -0.1) is 0 Å². The number of phenolic OH excluding ortho intramolecular Hbond substituents is 2. The number of aromatic hydroxyl groups is 2. The molecule has 34 heavy (non-hydrogen) atoms. The standard InChI is InChI=1S/C30H30O4/c1-33-29-19-23(5-3-21-7-13-25(31)14-8-21)11-17-27(29)28-18-12-24(20-30(28)34-2)6-4-22-9-15-26(32)16-10-22/h7-20,31-32H,3-6H2,1-2H3. The van der Waals surface area contributed by atoms with Crippen LogP contribution in [0.1, 0.15) is 22.3 Å². The molecule has 0 heterocycles. The maximum absolute atomic E-state index is 9.46. The van der Waals surface area contributed by atoms with E-state index in [9.17, 15) is 10.2 Å². The smallest absolute Gasteiger partial charge is 0.127 e. The molecule has 0 spiro atoms. The zero-order valence-electron chi connectivity index (χ0n) is 19.6. The fourth-order valence-electron chi connectivity index (χ4n) is 4.13. The summed E-state index contributed by atoms with van der Waals surface area (Å²) in [6.07, 6.45) is 3.55. The van der Waals surface area contributed by atoms with E-state index >= 15 is 0 Å². The topological polar surface area (TPSA) is 58.9 Å². The second-order valence-electron chi connectivity index (χ2n) is 8.40. The molecule has 0 atom stereocenters. The lowest BCUT2D eigenvalue weighted by Gasteiger charge is -2.15. The van der Waals surface area contributed by atoms with Crippen LogP contribution in [-0.2, 0) is 25.7 Å².